The Morgan fingerprint density at radius 2 is 1.52 bits per heavy atom. The monoisotopic (exact) mass is 384 g/mol. The zero-order chi connectivity index (χ0) is 19.2. The van der Waals surface area contributed by atoms with Crippen LogP contribution in [0.5, 0.6) is 0 Å². The third-order valence-electron chi connectivity index (χ3n) is 6.49. The van der Waals surface area contributed by atoms with E-state index in [9.17, 15) is 4.39 Å². The summed E-state index contributed by atoms with van der Waals surface area (Å²) in [6.45, 7) is 4.75. The van der Waals surface area contributed by atoms with Gasteiger partial charge in [-0.25, -0.2) is 8.78 Å². The summed E-state index contributed by atoms with van der Waals surface area (Å²) < 4.78 is 47.4. The Bertz CT molecular complexity index is 517. The van der Waals surface area contributed by atoms with E-state index in [1.54, 1.807) is 6.92 Å². The van der Waals surface area contributed by atoms with E-state index in [-0.39, 0.29) is 18.4 Å². The number of unbranched alkanes of at least 4 members (excludes halogenated alkanes) is 3. The molecule has 8 atom stereocenters. The normalized spacial score (nSPS) is 40.7. The summed E-state index contributed by atoms with van der Waals surface area (Å²) in [4.78, 5) is 0. The van der Waals surface area contributed by atoms with E-state index in [1.807, 2.05) is 0 Å². The maximum atomic E-state index is 15.1. The molecule has 0 radical (unpaired) electrons. The third-order valence-corrected chi connectivity index (χ3v) is 6.49. The fourth-order valence-corrected chi connectivity index (χ4v) is 5.04. The molecule has 2 aliphatic carbocycles. The van der Waals surface area contributed by atoms with Crippen molar-refractivity contribution in [3.63, 3.8) is 0 Å². The van der Waals surface area contributed by atoms with E-state index in [0.717, 1.165) is 25.7 Å². The Kier molecular flexibility index (Phi) is 7.93. The Balaban J connectivity index is 1.52. The van der Waals surface area contributed by atoms with Crippen LogP contribution < -0.4 is 0 Å². The zero-order valence-electron chi connectivity index (χ0n) is 16.7. The molecule has 0 aromatic heterocycles. The second-order valence-electron chi connectivity index (χ2n) is 8.18. The minimum atomic E-state index is -1.20. The number of ether oxygens (including phenoxy) is 3. The van der Waals surface area contributed by atoms with Crippen molar-refractivity contribution in [1.82, 2.24) is 0 Å². The van der Waals surface area contributed by atoms with Crippen LogP contribution in [0.1, 0.15) is 65.2 Å². The maximum Gasteiger partial charge on any atom is 0.152 e. The van der Waals surface area contributed by atoms with Crippen LogP contribution in [0.25, 0.3) is 0 Å². The SMILES string of the molecule is CC#CCOC1CCC2C3CCC(OCCCCCC)C(F)C3OC2C1F. The molecule has 3 fully saturated rings. The van der Waals surface area contributed by atoms with Crippen molar-refractivity contribution in [3.05, 3.63) is 0 Å². The number of hydrogen-bond acceptors (Lipinski definition) is 3. The van der Waals surface area contributed by atoms with Crippen molar-refractivity contribution >= 4 is 0 Å². The van der Waals surface area contributed by atoms with Gasteiger partial charge in [-0.05, 0) is 50.9 Å². The van der Waals surface area contributed by atoms with Crippen LogP contribution in [0.2, 0.25) is 0 Å². The summed E-state index contributed by atoms with van der Waals surface area (Å²) in [5.74, 6) is 5.78. The van der Waals surface area contributed by atoms with Crippen molar-refractivity contribution in [2.75, 3.05) is 13.2 Å². The van der Waals surface area contributed by atoms with E-state index < -0.39 is 36.8 Å². The smallest absolute Gasteiger partial charge is 0.152 e. The van der Waals surface area contributed by atoms with Crippen molar-refractivity contribution in [2.24, 2.45) is 11.8 Å². The summed E-state index contributed by atoms with van der Waals surface area (Å²) in [5, 5.41) is 0. The minimum absolute atomic E-state index is 0.103. The predicted molar refractivity (Wildman–Crippen MR) is 101 cm³/mol. The van der Waals surface area contributed by atoms with Crippen molar-refractivity contribution < 1.29 is 23.0 Å². The van der Waals surface area contributed by atoms with Gasteiger partial charge in [0.25, 0.3) is 0 Å². The standard InChI is InChI=1S/C22H34F2O3/c1-3-5-7-8-14-26-18-12-10-16-15-9-11-17(25-13-6-4-2)19(23)21(15)27-22(16)20(18)24/h15-22H,3,5,7-14H2,1-2H3. The molecule has 0 aromatic carbocycles. The average molecular weight is 385 g/mol. The van der Waals surface area contributed by atoms with Gasteiger partial charge >= 0.3 is 0 Å². The molecule has 0 aromatic rings. The second kappa shape index (κ2) is 10.2. The highest BCUT2D eigenvalue weighted by atomic mass is 19.1. The van der Waals surface area contributed by atoms with Gasteiger partial charge in [0.05, 0.1) is 24.4 Å². The van der Waals surface area contributed by atoms with E-state index in [0.29, 0.717) is 19.4 Å². The molecular weight excluding hydrogens is 350 g/mol. The highest BCUT2D eigenvalue weighted by Gasteiger charge is 2.57. The molecule has 3 rings (SSSR count). The molecule has 3 aliphatic rings. The number of rotatable bonds is 8. The van der Waals surface area contributed by atoms with Crippen molar-refractivity contribution in [2.45, 2.75) is 102 Å². The van der Waals surface area contributed by atoms with Crippen LogP contribution in [0, 0.1) is 23.7 Å². The third kappa shape index (κ3) is 4.83. The Morgan fingerprint density at radius 1 is 0.889 bits per heavy atom. The molecule has 8 unspecified atom stereocenters. The predicted octanol–water partition coefficient (Wildman–Crippen LogP) is 4.62. The molecule has 27 heavy (non-hydrogen) atoms. The van der Waals surface area contributed by atoms with Gasteiger partial charge in [-0.1, -0.05) is 32.1 Å². The van der Waals surface area contributed by atoms with Gasteiger partial charge in [0.15, 0.2) is 12.3 Å². The molecule has 3 nitrogen and oxygen atoms in total. The van der Waals surface area contributed by atoms with Crippen LogP contribution in [0.15, 0.2) is 0 Å². The summed E-state index contributed by atoms with van der Waals surface area (Å²) in [7, 11) is 0. The van der Waals surface area contributed by atoms with Crippen LogP contribution in [-0.2, 0) is 14.2 Å². The van der Waals surface area contributed by atoms with E-state index >= 15 is 4.39 Å². The fourth-order valence-electron chi connectivity index (χ4n) is 5.04. The lowest BCUT2D eigenvalue weighted by molar-refractivity contribution is -0.131. The summed E-state index contributed by atoms with van der Waals surface area (Å²) in [6, 6.07) is 0. The number of fused-ring (bicyclic) bond motifs is 3. The van der Waals surface area contributed by atoms with Gasteiger partial charge in [-0.15, -0.1) is 5.92 Å². The Labute approximate surface area is 162 Å². The first-order chi connectivity index (χ1) is 13.2. The highest BCUT2D eigenvalue weighted by Crippen LogP contribution is 2.49. The molecule has 1 saturated heterocycles. The van der Waals surface area contributed by atoms with Crippen LogP contribution in [-0.4, -0.2) is 50.0 Å². The fraction of sp³-hybridized carbons (Fsp3) is 0.909. The lowest BCUT2D eigenvalue weighted by Crippen LogP contribution is -2.45. The summed E-state index contributed by atoms with van der Waals surface area (Å²) >= 11 is 0. The number of halogens is 2. The first-order valence-corrected chi connectivity index (χ1v) is 10.7. The Morgan fingerprint density at radius 3 is 2.11 bits per heavy atom. The van der Waals surface area contributed by atoms with Crippen LogP contribution in [0.4, 0.5) is 8.78 Å². The van der Waals surface area contributed by atoms with Gasteiger partial charge in [0.2, 0.25) is 0 Å². The molecule has 1 heterocycles. The first kappa shape index (κ1) is 21.0. The summed E-state index contributed by atoms with van der Waals surface area (Å²) in [6.07, 6.45) is 3.23. The number of alkyl halides is 2. The maximum absolute atomic E-state index is 15.1. The molecule has 1 aliphatic heterocycles. The molecule has 0 amide bonds. The minimum Gasteiger partial charge on any atom is -0.375 e. The topological polar surface area (TPSA) is 27.7 Å². The average Bonchev–Trinajstić information content (AvgIpc) is 3.06. The van der Waals surface area contributed by atoms with Gasteiger partial charge in [-0.2, -0.15) is 0 Å². The second-order valence-corrected chi connectivity index (χ2v) is 8.18. The molecule has 0 N–H and O–H groups in total. The van der Waals surface area contributed by atoms with Gasteiger partial charge < -0.3 is 14.2 Å². The molecular formula is C22H34F2O3. The molecule has 5 heteroatoms. The largest absolute Gasteiger partial charge is 0.375 e. The van der Waals surface area contributed by atoms with Gasteiger partial charge in [0.1, 0.15) is 6.61 Å². The van der Waals surface area contributed by atoms with Crippen LogP contribution in [0.3, 0.4) is 0 Å². The van der Waals surface area contributed by atoms with Crippen LogP contribution >= 0.6 is 0 Å². The van der Waals surface area contributed by atoms with Crippen molar-refractivity contribution in [1.29, 1.82) is 0 Å². The molecule has 154 valence electrons. The van der Waals surface area contributed by atoms with Crippen molar-refractivity contribution in [3.8, 4) is 11.8 Å². The molecule has 2 saturated carbocycles. The van der Waals surface area contributed by atoms with E-state index in [4.69, 9.17) is 14.2 Å². The first-order valence-electron chi connectivity index (χ1n) is 10.7. The van der Waals surface area contributed by atoms with Gasteiger partial charge in [0, 0.05) is 6.61 Å². The zero-order valence-corrected chi connectivity index (χ0v) is 16.7. The molecule has 0 bridgehead atoms. The lowest BCUT2D eigenvalue weighted by atomic mass is 9.71. The quantitative estimate of drug-likeness (QED) is 0.451. The number of hydrogen-bond donors (Lipinski definition) is 0. The van der Waals surface area contributed by atoms with E-state index in [1.165, 1.54) is 12.8 Å². The highest BCUT2D eigenvalue weighted by molar-refractivity contribution is 5.05. The van der Waals surface area contributed by atoms with Gasteiger partial charge in [-0.3, -0.25) is 0 Å². The Hall–Kier alpha value is -0.700. The van der Waals surface area contributed by atoms with E-state index in [2.05, 4.69) is 18.8 Å². The molecule has 0 spiro atoms. The lowest BCUT2D eigenvalue weighted by Gasteiger charge is -2.37. The summed E-state index contributed by atoms with van der Waals surface area (Å²) in [5.41, 5.74) is 0.